The number of carbonyl (C=O) groups excluding carboxylic acids is 3. The van der Waals surface area contributed by atoms with Crippen LogP contribution in [0.2, 0.25) is 0 Å². The van der Waals surface area contributed by atoms with Gasteiger partial charge in [0.05, 0.1) is 51.8 Å². The molecule has 0 aromatic rings. The van der Waals surface area contributed by atoms with Crippen molar-refractivity contribution in [1.82, 2.24) is 16.0 Å². The van der Waals surface area contributed by atoms with Crippen LogP contribution in [0.5, 0.6) is 0 Å². The van der Waals surface area contributed by atoms with Crippen molar-refractivity contribution >= 4 is 17.7 Å². The quantitative estimate of drug-likeness (QED) is 0.0452. The molecule has 0 radical (unpaired) electrons. The van der Waals surface area contributed by atoms with Gasteiger partial charge in [-0.1, -0.05) is 0 Å². The van der Waals surface area contributed by atoms with Crippen molar-refractivity contribution in [2.75, 3.05) is 39.6 Å². The second kappa shape index (κ2) is 33.8. The predicted molar refractivity (Wildman–Crippen MR) is 296 cm³/mol. The maximum atomic E-state index is 12.7. The molecule has 8 fully saturated rings. The van der Waals surface area contributed by atoms with Crippen LogP contribution in [0.15, 0.2) is 0 Å². The van der Waals surface area contributed by atoms with Crippen LogP contribution < -0.4 is 16.0 Å². The number of amides is 3. The van der Waals surface area contributed by atoms with Crippen LogP contribution in [-0.2, 0) is 85.4 Å². The second-order valence-electron chi connectivity index (χ2n) is 24.7. The molecular weight excluding hydrogens is 1310 g/mol. The van der Waals surface area contributed by atoms with Crippen LogP contribution in [0.1, 0.15) is 34.6 Å². The third-order valence-electron chi connectivity index (χ3n) is 17.7. The Morgan fingerprint density at radius 2 is 0.604 bits per heavy atom. The number of aliphatic hydroxyl groups is 21. The van der Waals surface area contributed by atoms with E-state index in [2.05, 4.69) is 16.0 Å². The summed E-state index contributed by atoms with van der Waals surface area (Å²) in [4.78, 5) is 37.5. The van der Waals surface area contributed by atoms with Crippen molar-refractivity contribution in [3.05, 3.63) is 0 Å². The average molecular weight is 1410 g/mol. The molecule has 96 heavy (non-hydrogen) atoms. The standard InChI is InChI=1S/C54H91N3O39/c1-12-26(64)34(72)39(77)50(85-12)84-11-22-45(31(69)23(47(81)87-22)55-14(3)61)93-49-25(57-16(5)63)33(71)43(19(8-60)90-49)94-53-42(80)37(75)30(68)21(92-53)10-83-51-40(78)36(74)29(67)20(91-51)9-82-48-24(56-15(4)62)32(70)44(18(7-59)89-48)95-54-46(38(76)28(66)17(6-58)88-54)96-52-41(79)35(73)27(65)13(2)86-52/h12-13,17-54,58-60,64-81H,6-11H2,1-5H3,(H,55,61)(H,56,62)(H,57,63)/t12-,13-,17+,18+,19+,20+,21+,22+,23+,24+,25+,26+,27+,28-,29+,30+,31+,32+,33+,34+,35+,36-,37-,38-,39-,40-,41-,42-,43+,44+,45+,46+,47+,48+,49-,50+,51-,52-,53-,54-/m0/s1. The van der Waals surface area contributed by atoms with Crippen LogP contribution in [0.4, 0.5) is 0 Å². The maximum Gasteiger partial charge on any atom is 0.217 e. The lowest BCUT2D eigenvalue weighted by atomic mass is 9.94. The maximum absolute atomic E-state index is 12.7. The molecule has 8 heterocycles. The molecule has 0 unspecified atom stereocenters. The Kier molecular flexibility index (Phi) is 27.7. The number of hydrogen-bond donors (Lipinski definition) is 24. The summed E-state index contributed by atoms with van der Waals surface area (Å²) in [5, 5.41) is 236. The molecule has 0 bridgehead atoms. The molecule has 0 saturated carbocycles. The topological polar surface area (TPSA) is 651 Å². The van der Waals surface area contributed by atoms with Crippen LogP contribution in [0.25, 0.3) is 0 Å². The highest BCUT2D eigenvalue weighted by molar-refractivity contribution is 5.74. The van der Waals surface area contributed by atoms with Crippen molar-refractivity contribution in [3.63, 3.8) is 0 Å². The summed E-state index contributed by atoms with van der Waals surface area (Å²) in [5.41, 5.74) is 0. The SMILES string of the molecule is CC(=O)N[C@@H]1[C@@H](O)[C@H](O[C@@H]2O[C@H](CO)[C@@H](O[C@@H]3O[C@H](CO[C@H]4O[C@H](CO[C@@H]5O[C@H](CO)[C@@H](O[C@@H]6O[C@H](CO)[C@H](O)[C@H](O)[C@H]6O[C@@H]6O[C@@H](C)[C@@H](O)[C@@H](O)[C@@H]6O)[C@H](O)[C@H]5NC(C)=O)[C@@H](O)[C@H](O)[C@@H]4O)[C@@H](O)[C@H](O)[C@@H]3O)[C@H](O)[C@H]2NC(C)=O)[C@@H](CO[C@@H]2O[C@@H](C)[C@@H](O)[C@@H](O)[C@@H]2O)O[C@H]1O. The molecule has 556 valence electrons. The van der Waals surface area contributed by atoms with Gasteiger partial charge in [0, 0.05) is 20.8 Å². The molecule has 0 spiro atoms. The van der Waals surface area contributed by atoms with Crippen LogP contribution in [0.3, 0.4) is 0 Å². The minimum absolute atomic E-state index is 0.742. The van der Waals surface area contributed by atoms with Crippen LogP contribution >= 0.6 is 0 Å². The summed E-state index contributed by atoms with van der Waals surface area (Å²) in [7, 11) is 0. The Morgan fingerprint density at radius 3 is 1.09 bits per heavy atom. The fourth-order valence-electron chi connectivity index (χ4n) is 12.3. The molecule has 0 aromatic carbocycles. The van der Waals surface area contributed by atoms with E-state index in [-0.39, 0.29) is 0 Å². The molecule has 8 rings (SSSR count). The lowest BCUT2D eigenvalue weighted by Crippen LogP contribution is -2.70. The Labute approximate surface area is 545 Å². The molecule has 0 aliphatic carbocycles. The lowest BCUT2D eigenvalue weighted by Gasteiger charge is -2.49. The second-order valence-corrected chi connectivity index (χ2v) is 24.7. The van der Waals surface area contributed by atoms with Gasteiger partial charge >= 0.3 is 0 Å². The molecule has 42 heteroatoms. The van der Waals surface area contributed by atoms with Crippen molar-refractivity contribution in [3.8, 4) is 0 Å². The Morgan fingerprint density at radius 1 is 0.292 bits per heavy atom. The minimum atomic E-state index is -2.20. The van der Waals surface area contributed by atoms with Gasteiger partial charge in [-0.15, -0.1) is 0 Å². The van der Waals surface area contributed by atoms with E-state index in [1.54, 1.807) is 0 Å². The zero-order chi connectivity index (χ0) is 70.8. The van der Waals surface area contributed by atoms with Crippen molar-refractivity contribution in [1.29, 1.82) is 0 Å². The fraction of sp³-hybridized carbons (Fsp3) is 0.944. The van der Waals surface area contributed by atoms with E-state index in [4.69, 9.17) is 71.1 Å². The van der Waals surface area contributed by atoms with Gasteiger partial charge < -0.3 is 194 Å². The molecule has 42 nitrogen and oxygen atoms in total. The van der Waals surface area contributed by atoms with E-state index < -0.39 is 303 Å². The smallest absolute Gasteiger partial charge is 0.217 e. The van der Waals surface area contributed by atoms with Crippen molar-refractivity contribution < 1.29 is 193 Å². The third kappa shape index (κ3) is 17.4. The first kappa shape index (κ1) is 78.7. The van der Waals surface area contributed by atoms with Crippen LogP contribution in [-0.4, -0.2) is 410 Å². The summed E-state index contributed by atoms with van der Waals surface area (Å²) >= 11 is 0. The number of aliphatic hydroxyl groups excluding tert-OH is 21. The van der Waals surface area contributed by atoms with Gasteiger partial charge in [0.15, 0.2) is 50.3 Å². The lowest BCUT2D eigenvalue weighted by molar-refractivity contribution is -0.384. The van der Waals surface area contributed by atoms with E-state index in [0.29, 0.717) is 0 Å². The molecular formula is C54H91N3O39. The molecule has 24 N–H and O–H groups in total. The Hall–Kier alpha value is -3.03. The number of carbonyl (C=O) groups is 3. The van der Waals surface area contributed by atoms with E-state index in [1.165, 1.54) is 13.8 Å². The largest absolute Gasteiger partial charge is 0.394 e. The van der Waals surface area contributed by atoms with Gasteiger partial charge in [-0.2, -0.15) is 0 Å². The summed E-state index contributed by atoms with van der Waals surface area (Å²) in [5.74, 6) is -2.44. The molecule has 3 amide bonds. The third-order valence-corrected chi connectivity index (χ3v) is 17.7. The summed E-state index contributed by atoms with van der Waals surface area (Å²) in [6, 6.07) is -5.12. The number of nitrogens with one attached hydrogen (secondary N) is 3. The normalized spacial score (nSPS) is 50.3. The van der Waals surface area contributed by atoms with E-state index in [0.717, 1.165) is 20.8 Å². The highest BCUT2D eigenvalue weighted by atomic mass is 16.8. The number of ether oxygens (including phenoxy) is 15. The van der Waals surface area contributed by atoms with Gasteiger partial charge in [-0.3, -0.25) is 14.4 Å². The average Bonchev–Trinajstić information content (AvgIpc) is 0.791. The van der Waals surface area contributed by atoms with Gasteiger partial charge in [0.2, 0.25) is 17.7 Å². The first-order valence-corrected chi connectivity index (χ1v) is 30.8. The predicted octanol–water partition coefficient (Wildman–Crippen LogP) is -16.0. The number of hydrogen-bond acceptors (Lipinski definition) is 39. The molecule has 0 aromatic heterocycles. The van der Waals surface area contributed by atoms with Gasteiger partial charge in [-0.05, 0) is 13.8 Å². The van der Waals surface area contributed by atoms with Crippen molar-refractivity contribution in [2.24, 2.45) is 0 Å². The van der Waals surface area contributed by atoms with E-state index in [9.17, 15) is 122 Å². The summed E-state index contributed by atoms with van der Waals surface area (Å²) in [6.07, 6.45) is -68.3. The van der Waals surface area contributed by atoms with E-state index >= 15 is 0 Å². The minimum Gasteiger partial charge on any atom is -0.394 e. The van der Waals surface area contributed by atoms with Crippen LogP contribution in [0, 0.1) is 0 Å². The van der Waals surface area contributed by atoms with Gasteiger partial charge in [0.25, 0.3) is 0 Å². The molecule has 8 saturated heterocycles. The van der Waals surface area contributed by atoms with Gasteiger partial charge in [-0.25, -0.2) is 0 Å². The molecule has 8 aliphatic rings. The first-order chi connectivity index (χ1) is 45.2. The first-order valence-electron chi connectivity index (χ1n) is 30.8. The molecule has 8 aliphatic heterocycles. The molecule has 40 atom stereocenters. The summed E-state index contributed by atoms with van der Waals surface area (Å²) < 4.78 is 86.8. The highest BCUT2D eigenvalue weighted by Gasteiger charge is 2.58. The Balaban J connectivity index is 0.925. The zero-order valence-electron chi connectivity index (χ0n) is 52.1. The monoisotopic (exact) mass is 1410 g/mol. The van der Waals surface area contributed by atoms with Crippen molar-refractivity contribution in [2.45, 2.75) is 280 Å². The fourth-order valence-corrected chi connectivity index (χ4v) is 12.3. The highest BCUT2D eigenvalue weighted by Crippen LogP contribution is 2.37. The zero-order valence-corrected chi connectivity index (χ0v) is 52.1. The van der Waals surface area contributed by atoms with Gasteiger partial charge in [0.1, 0.15) is 183 Å². The van der Waals surface area contributed by atoms with E-state index in [1.807, 2.05) is 0 Å². The Bertz CT molecular complexity index is 2480. The number of rotatable bonds is 23. The summed E-state index contributed by atoms with van der Waals surface area (Å²) in [6.45, 7) is 0.174.